The summed E-state index contributed by atoms with van der Waals surface area (Å²) in [5, 5.41) is 0. The number of rotatable bonds is 18. The van der Waals surface area contributed by atoms with Crippen LogP contribution in [-0.4, -0.2) is 77.0 Å². The highest BCUT2D eigenvalue weighted by molar-refractivity contribution is 7.04. The van der Waals surface area contributed by atoms with Gasteiger partial charge in [0.05, 0.1) is 0 Å². The van der Waals surface area contributed by atoms with Gasteiger partial charge in [-0.25, -0.2) is 0 Å². The summed E-state index contributed by atoms with van der Waals surface area (Å²) < 4.78 is 99.3. The first kappa shape index (κ1) is 49.0. The molecule has 7 rings (SSSR count). The molecule has 0 aromatic heterocycles. The molecule has 60 heavy (non-hydrogen) atoms. The number of hydrogen-bond acceptors (Lipinski definition) is 13. The van der Waals surface area contributed by atoms with Gasteiger partial charge in [-0.3, -0.25) is 0 Å². The molecule has 21 heteroatoms. The van der Waals surface area contributed by atoms with E-state index in [1.165, 1.54) is 0 Å². The van der Waals surface area contributed by atoms with Crippen molar-refractivity contribution in [2.45, 2.75) is 139 Å². The summed E-state index contributed by atoms with van der Waals surface area (Å²) in [6.45, 7) is 30.3. The molecule has 338 valence electrons. The molecular weight excluding hydrogens is 901 g/mol. The maximum absolute atomic E-state index is 7.80. The average Bonchev–Trinajstić information content (AvgIpc) is 3.00. The third-order valence-corrected chi connectivity index (χ3v) is 49.3. The van der Waals surface area contributed by atoms with Crippen LogP contribution in [-0.2, 0) is 49.4 Å². The molecule has 6 saturated heterocycles. The molecule has 6 fully saturated rings. The topological polar surface area (TPSA) is 120 Å². The molecule has 0 aliphatic carbocycles. The van der Waals surface area contributed by atoms with Crippen molar-refractivity contribution in [2.75, 3.05) is 6.61 Å². The van der Waals surface area contributed by atoms with Gasteiger partial charge in [0.25, 0.3) is 0 Å². The van der Waals surface area contributed by atoms with Crippen molar-refractivity contribution in [2.24, 2.45) is 41.4 Å². The minimum Gasteiger partial charge on any atom is -0.481 e. The third kappa shape index (κ3) is 11.5. The van der Waals surface area contributed by atoms with Crippen LogP contribution in [0.15, 0.2) is 30.0 Å². The summed E-state index contributed by atoms with van der Waals surface area (Å²) in [5.41, 5.74) is 2.80. The predicted octanol–water partition coefficient (Wildman–Crippen LogP) is 9.62. The second kappa shape index (κ2) is 18.5. The minimum absolute atomic E-state index is 0.0707. The van der Waals surface area contributed by atoms with E-state index in [1.54, 1.807) is 0 Å². The lowest BCUT2D eigenvalue weighted by Gasteiger charge is -2.63. The first-order valence-electron chi connectivity index (χ1n) is 22.2. The van der Waals surface area contributed by atoms with E-state index in [0.717, 1.165) is 5.56 Å². The van der Waals surface area contributed by atoms with E-state index in [2.05, 4.69) is 103 Å². The zero-order chi connectivity index (χ0) is 44.0. The van der Waals surface area contributed by atoms with Crippen LogP contribution < -0.4 is 4.74 Å². The van der Waals surface area contributed by atoms with E-state index in [9.17, 15) is 0 Å². The molecule has 0 unspecified atom stereocenters. The van der Waals surface area contributed by atoms with Crippen LogP contribution in [0.1, 0.15) is 102 Å². The Morgan fingerprint density at radius 3 is 0.917 bits per heavy atom. The van der Waals surface area contributed by atoms with Gasteiger partial charge < -0.3 is 54.1 Å². The van der Waals surface area contributed by atoms with Crippen LogP contribution in [0.4, 0.5) is 0 Å². The van der Waals surface area contributed by atoms with Crippen LogP contribution in [0, 0.1) is 53.8 Å². The van der Waals surface area contributed by atoms with Gasteiger partial charge in [0.15, 0.2) is 0 Å². The van der Waals surface area contributed by atoms with E-state index in [4.69, 9.17) is 60.5 Å². The average molecular weight is 974 g/mol. The molecule has 0 saturated carbocycles. The molecule has 0 amide bonds. The zero-order valence-corrected chi connectivity index (χ0v) is 46.5. The van der Waals surface area contributed by atoms with E-state index in [1.807, 2.05) is 36.0 Å². The van der Waals surface area contributed by atoms with Crippen LogP contribution >= 0.6 is 0 Å². The maximum atomic E-state index is 7.80. The number of benzene rings is 1. The summed E-state index contributed by atoms with van der Waals surface area (Å²) in [7, 11) is -32.2. The summed E-state index contributed by atoms with van der Waals surface area (Å²) in [4.78, 5) is 0. The SMILES string of the molecule is C#CCOc1ccc(C=C[Si]23O[Si]4(CC(C)C)O[Si]5(CC(C)C)O[Si](CC(C)C)(O2)O[Si]2(CC(C)C)O[Si](CC(C)C)(O3)O[Si](CC(C)C)(O4)O[Si](CC(C)C)(O5)O2)cc1. The Balaban J connectivity index is 1.73. The Morgan fingerprint density at radius 1 is 0.433 bits per heavy atom. The van der Waals surface area contributed by atoms with Crippen molar-refractivity contribution < 1.29 is 54.1 Å². The lowest BCUT2D eigenvalue weighted by molar-refractivity contribution is -0.0311. The van der Waals surface area contributed by atoms with Gasteiger partial charge in [0.2, 0.25) is 0 Å². The van der Waals surface area contributed by atoms with Crippen LogP contribution in [0.2, 0.25) is 42.3 Å². The highest BCUT2D eigenvalue weighted by Gasteiger charge is 2.83. The Labute approximate surface area is 369 Å². The van der Waals surface area contributed by atoms with Crippen molar-refractivity contribution in [1.29, 1.82) is 0 Å². The van der Waals surface area contributed by atoms with Crippen LogP contribution in [0.5, 0.6) is 5.75 Å². The van der Waals surface area contributed by atoms with Crippen molar-refractivity contribution in [3.8, 4) is 18.1 Å². The summed E-state index contributed by atoms with van der Waals surface area (Å²) in [6.07, 6.45) is 7.43. The maximum Gasteiger partial charge on any atom is 0.507 e. The van der Waals surface area contributed by atoms with Gasteiger partial charge in [-0.15, -0.1) is 6.42 Å². The molecule has 1 aromatic carbocycles. The fourth-order valence-corrected chi connectivity index (χ4v) is 59.2. The fourth-order valence-electron chi connectivity index (χ4n) is 8.76. The molecule has 0 radical (unpaired) electrons. The second-order valence-electron chi connectivity index (χ2n) is 20.2. The van der Waals surface area contributed by atoms with Gasteiger partial charge in [-0.1, -0.05) is 121 Å². The summed E-state index contributed by atoms with van der Waals surface area (Å²) in [5.74, 6) is 3.80. The molecular formula is C39H72O13Si8. The largest absolute Gasteiger partial charge is 0.507 e. The van der Waals surface area contributed by atoms with Crippen molar-refractivity contribution >= 4 is 76.5 Å². The summed E-state index contributed by atoms with van der Waals surface area (Å²) >= 11 is 0. The van der Waals surface area contributed by atoms with Gasteiger partial charge in [-0.2, -0.15) is 0 Å². The van der Waals surface area contributed by atoms with E-state index < -0.39 is 70.4 Å². The van der Waals surface area contributed by atoms with E-state index in [0.29, 0.717) is 48.1 Å². The predicted molar refractivity (Wildman–Crippen MR) is 246 cm³/mol. The van der Waals surface area contributed by atoms with Crippen LogP contribution in [0.25, 0.3) is 6.08 Å². The lowest BCUT2D eigenvalue weighted by Crippen LogP contribution is -2.88. The molecule has 6 aliphatic heterocycles. The smallest absolute Gasteiger partial charge is 0.481 e. The van der Waals surface area contributed by atoms with Crippen molar-refractivity contribution in [3.63, 3.8) is 0 Å². The minimum atomic E-state index is -4.24. The van der Waals surface area contributed by atoms with Gasteiger partial charge in [0, 0.05) is 42.3 Å². The van der Waals surface area contributed by atoms with E-state index in [-0.39, 0.29) is 48.0 Å². The third-order valence-electron chi connectivity index (χ3n) is 9.98. The summed E-state index contributed by atoms with van der Waals surface area (Å²) in [6, 6.07) is 10.8. The van der Waals surface area contributed by atoms with Crippen molar-refractivity contribution in [1.82, 2.24) is 0 Å². The second-order valence-corrected chi connectivity index (χ2v) is 43.9. The molecule has 13 nitrogen and oxygen atoms in total. The molecule has 0 atom stereocenters. The monoisotopic (exact) mass is 972 g/mol. The standard InChI is InChI=1S/C39H72O13Si8/c1-16-22-40-39-19-17-38(18-20-39)21-23-53-41-54(24-31(2)3)44-57(27-34(8)9)46-55(42-53,25-32(4)5)48-59(29-36(12)13)49-56(43-53,26-33(6)7)47-58(45-54,28-35(10)11)51-60(50-57,52-59)30-37(14)15/h1,17-21,23,31-37H,22,24-30H2,2-15H3. The normalized spacial score (nSPS) is 37.7. The number of hydrogen-bond donors (Lipinski definition) is 0. The van der Waals surface area contributed by atoms with Gasteiger partial charge in [-0.05, 0) is 64.8 Å². The first-order valence-corrected chi connectivity index (χ1v) is 37.5. The zero-order valence-electron chi connectivity index (χ0n) is 38.5. The fraction of sp³-hybridized carbons (Fsp3) is 0.744. The Hall–Kier alpha value is -0.425. The number of ether oxygens (including phenoxy) is 1. The van der Waals surface area contributed by atoms with Crippen LogP contribution in [0.3, 0.4) is 0 Å². The van der Waals surface area contributed by atoms with Gasteiger partial charge in [0.1, 0.15) is 12.4 Å². The van der Waals surface area contributed by atoms with Crippen molar-refractivity contribution in [3.05, 3.63) is 35.5 Å². The van der Waals surface area contributed by atoms with E-state index >= 15 is 0 Å². The Kier molecular flexibility index (Phi) is 15.1. The quantitative estimate of drug-likeness (QED) is 0.103. The molecule has 6 heterocycles. The lowest BCUT2D eigenvalue weighted by atomic mass is 10.2. The highest BCUT2D eigenvalue weighted by atomic mass is 28.6. The molecule has 0 N–H and O–H groups in total. The Bertz CT molecular complexity index is 1560. The molecule has 6 aliphatic rings. The highest BCUT2D eigenvalue weighted by Crippen LogP contribution is 2.55. The van der Waals surface area contributed by atoms with Gasteiger partial charge >= 0.3 is 70.4 Å². The number of terminal acetylenes is 1. The Morgan fingerprint density at radius 2 is 0.683 bits per heavy atom. The molecule has 0 spiro atoms. The molecule has 1 aromatic rings. The first-order chi connectivity index (χ1) is 27.9. The molecule has 8 bridgehead atoms.